The lowest BCUT2D eigenvalue weighted by molar-refractivity contribution is -0.237. The van der Waals surface area contributed by atoms with Crippen molar-refractivity contribution >= 4 is 16.9 Å². The van der Waals surface area contributed by atoms with Gasteiger partial charge in [-0.15, -0.1) is 0 Å². The van der Waals surface area contributed by atoms with Gasteiger partial charge in [-0.3, -0.25) is 4.79 Å². The van der Waals surface area contributed by atoms with Gasteiger partial charge in [0.2, 0.25) is 11.3 Å². The second-order valence-corrected chi connectivity index (χ2v) is 6.00. The van der Waals surface area contributed by atoms with Gasteiger partial charge in [0.05, 0.1) is 0 Å². The van der Waals surface area contributed by atoms with Crippen LogP contribution >= 0.6 is 11.8 Å². The molecule has 10 heteroatoms. The van der Waals surface area contributed by atoms with E-state index in [4.69, 9.17) is 0 Å². The van der Waals surface area contributed by atoms with Crippen molar-refractivity contribution in [3.8, 4) is 0 Å². The molecule has 1 nitrogen and oxygen atoms in total. The van der Waals surface area contributed by atoms with Crippen molar-refractivity contribution in [2.75, 3.05) is 5.75 Å². The Morgan fingerprint density at radius 3 is 2.00 bits per heavy atom. The molecule has 0 spiro atoms. The third-order valence-electron chi connectivity index (χ3n) is 2.86. The second kappa shape index (κ2) is 7.71. The van der Waals surface area contributed by atoms with Crippen LogP contribution in [-0.4, -0.2) is 35.1 Å². The summed E-state index contributed by atoms with van der Waals surface area (Å²) in [6.07, 6.45) is -14.3. The van der Waals surface area contributed by atoms with Gasteiger partial charge in [-0.2, -0.15) is 13.2 Å². The minimum absolute atomic E-state index is 0.171. The van der Waals surface area contributed by atoms with Gasteiger partial charge >= 0.3 is 6.18 Å². The molecule has 136 valence electrons. The van der Waals surface area contributed by atoms with Gasteiger partial charge in [-0.1, -0.05) is 42.1 Å². The van der Waals surface area contributed by atoms with Crippen molar-refractivity contribution in [1.29, 1.82) is 0 Å². The molecule has 0 aliphatic heterocycles. The van der Waals surface area contributed by atoms with Crippen LogP contribution in [0.2, 0.25) is 0 Å². The first kappa shape index (κ1) is 20.7. The minimum atomic E-state index is -5.48. The van der Waals surface area contributed by atoms with Crippen LogP contribution in [0.3, 0.4) is 0 Å². The zero-order valence-electron chi connectivity index (χ0n) is 11.9. The minimum Gasteiger partial charge on any atom is -0.282 e. The first-order chi connectivity index (χ1) is 10.9. The Bertz CT molecular complexity index is 543. The highest BCUT2D eigenvalue weighted by molar-refractivity contribution is 8.14. The Kier molecular flexibility index (Phi) is 6.66. The van der Waals surface area contributed by atoms with Gasteiger partial charge in [-0.25, -0.2) is 22.0 Å². The number of benzene rings is 1. The van der Waals surface area contributed by atoms with E-state index in [-0.39, 0.29) is 5.56 Å². The standard InChI is InChI=1S/C14H12F8OS/c15-11(13(18,19)8-14(20,21)22)12(16,17)6-7-24-10(23)9-4-2-1-3-5-9/h1-5,11H,6-8H2. The van der Waals surface area contributed by atoms with E-state index in [0.717, 1.165) is 0 Å². The van der Waals surface area contributed by atoms with Gasteiger partial charge < -0.3 is 0 Å². The quantitative estimate of drug-likeness (QED) is 0.580. The maximum atomic E-state index is 13.4. The fraction of sp³-hybridized carbons (Fsp3) is 0.500. The summed E-state index contributed by atoms with van der Waals surface area (Å²) in [6, 6.07) is 7.41. The normalized spacial score (nSPS) is 14.5. The fourth-order valence-electron chi connectivity index (χ4n) is 1.73. The van der Waals surface area contributed by atoms with Gasteiger partial charge in [0, 0.05) is 17.7 Å². The van der Waals surface area contributed by atoms with Crippen LogP contribution in [0.25, 0.3) is 0 Å². The molecule has 0 aliphatic carbocycles. The van der Waals surface area contributed by atoms with Crippen LogP contribution in [0.5, 0.6) is 0 Å². The highest BCUT2D eigenvalue weighted by Gasteiger charge is 2.59. The lowest BCUT2D eigenvalue weighted by atomic mass is 10.0. The van der Waals surface area contributed by atoms with Crippen molar-refractivity contribution < 1.29 is 39.9 Å². The average molecular weight is 380 g/mol. The van der Waals surface area contributed by atoms with Crippen molar-refractivity contribution in [3.63, 3.8) is 0 Å². The molecule has 24 heavy (non-hydrogen) atoms. The molecule has 0 fully saturated rings. The summed E-state index contributed by atoms with van der Waals surface area (Å²) < 4.78 is 102. The molecule has 0 amide bonds. The predicted octanol–water partition coefficient (Wildman–Crippen LogP) is 5.51. The van der Waals surface area contributed by atoms with E-state index in [1.54, 1.807) is 6.07 Å². The predicted molar refractivity (Wildman–Crippen MR) is 73.3 cm³/mol. The molecule has 1 aromatic rings. The fourth-order valence-corrected chi connectivity index (χ4v) is 2.59. The Balaban J connectivity index is 2.60. The van der Waals surface area contributed by atoms with Gasteiger partial charge in [-0.05, 0) is 0 Å². The van der Waals surface area contributed by atoms with Crippen molar-refractivity contribution in [2.45, 2.75) is 37.0 Å². The SMILES string of the molecule is O=C(SCCC(F)(F)C(F)C(F)(F)CC(F)(F)F)c1ccccc1. The van der Waals surface area contributed by atoms with E-state index < -0.39 is 47.9 Å². The first-order valence-corrected chi connectivity index (χ1v) is 7.52. The Morgan fingerprint density at radius 2 is 1.50 bits per heavy atom. The van der Waals surface area contributed by atoms with E-state index >= 15 is 0 Å². The number of halogens is 8. The number of hydrogen-bond donors (Lipinski definition) is 0. The van der Waals surface area contributed by atoms with Crippen molar-refractivity contribution in [1.82, 2.24) is 0 Å². The zero-order valence-corrected chi connectivity index (χ0v) is 12.7. The summed E-state index contributed by atoms with van der Waals surface area (Å²) in [5.74, 6) is -10.7. The molecule has 1 rings (SSSR count). The number of carbonyl (C=O) groups excluding carboxylic acids is 1. The average Bonchev–Trinajstić information content (AvgIpc) is 2.44. The maximum Gasteiger partial charge on any atom is 0.394 e. The Labute approximate surface area is 136 Å². The van der Waals surface area contributed by atoms with E-state index in [1.807, 2.05) is 0 Å². The molecule has 0 radical (unpaired) electrons. The monoisotopic (exact) mass is 380 g/mol. The van der Waals surface area contributed by atoms with E-state index in [0.29, 0.717) is 11.8 Å². The van der Waals surface area contributed by atoms with E-state index in [1.165, 1.54) is 24.3 Å². The van der Waals surface area contributed by atoms with Crippen LogP contribution in [0.15, 0.2) is 30.3 Å². The molecule has 0 saturated heterocycles. The Hall–Kier alpha value is -1.32. The number of carbonyl (C=O) groups is 1. The first-order valence-electron chi connectivity index (χ1n) is 6.54. The summed E-state index contributed by atoms with van der Waals surface area (Å²) in [7, 11) is 0. The number of hydrogen-bond acceptors (Lipinski definition) is 2. The van der Waals surface area contributed by atoms with Crippen molar-refractivity contribution in [2.24, 2.45) is 0 Å². The number of alkyl halides is 8. The molecule has 1 atom stereocenters. The van der Waals surface area contributed by atoms with Crippen LogP contribution < -0.4 is 0 Å². The van der Waals surface area contributed by atoms with Gasteiger partial charge in [0.1, 0.15) is 6.42 Å². The Morgan fingerprint density at radius 1 is 0.958 bits per heavy atom. The van der Waals surface area contributed by atoms with Gasteiger partial charge in [0.15, 0.2) is 0 Å². The summed E-state index contributed by atoms with van der Waals surface area (Å²) in [5.41, 5.74) is 0.171. The third kappa shape index (κ3) is 6.29. The largest absolute Gasteiger partial charge is 0.394 e. The molecule has 0 N–H and O–H groups in total. The number of rotatable bonds is 7. The molecule has 1 aromatic carbocycles. The lowest BCUT2D eigenvalue weighted by Crippen LogP contribution is -2.46. The molecule has 1 unspecified atom stereocenters. The van der Waals surface area contributed by atoms with Crippen LogP contribution in [0.4, 0.5) is 35.1 Å². The summed E-state index contributed by atoms with van der Waals surface area (Å²) in [5, 5.41) is -0.635. The van der Waals surface area contributed by atoms with Crippen LogP contribution in [0, 0.1) is 0 Å². The highest BCUT2D eigenvalue weighted by Crippen LogP contribution is 2.42. The van der Waals surface area contributed by atoms with Crippen LogP contribution in [0.1, 0.15) is 23.2 Å². The molecule has 0 aliphatic rings. The molecule has 0 heterocycles. The summed E-state index contributed by atoms with van der Waals surface area (Å²) >= 11 is 0.345. The summed E-state index contributed by atoms with van der Waals surface area (Å²) in [4.78, 5) is 11.6. The maximum absolute atomic E-state index is 13.4. The molecule has 0 aromatic heterocycles. The summed E-state index contributed by atoms with van der Waals surface area (Å²) in [6.45, 7) is 0. The molecular formula is C14H12F8OS. The molecule has 0 bridgehead atoms. The molecule has 0 saturated carbocycles. The topological polar surface area (TPSA) is 17.1 Å². The third-order valence-corrected chi connectivity index (χ3v) is 3.76. The van der Waals surface area contributed by atoms with Gasteiger partial charge in [0.25, 0.3) is 11.8 Å². The lowest BCUT2D eigenvalue weighted by Gasteiger charge is -2.28. The second-order valence-electron chi connectivity index (χ2n) is 4.93. The zero-order chi connectivity index (χ0) is 18.6. The van der Waals surface area contributed by atoms with Crippen molar-refractivity contribution in [3.05, 3.63) is 35.9 Å². The van der Waals surface area contributed by atoms with E-state index in [2.05, 4.69) is 0 Å². The number of thioether (sulfide) groups is 1. The van der Waals surface area contributed by atoms with Crippen LogP contribution in [-0.2, 0) is 0 Å². The molecular weight excluding hydrogens is 368 g/mol. The smallest absolute Gasteiger partial charge is 0.282 e. The highest BCUT2D eigenvalue weighted by atomic mass is 32.2. The van der Waals surface area contributed by atoms with E-state index in [9.17, 15) is 39.9 Å².